The summed E-state index contributed by atoms with van der Waals surface area (Å²) in [5.74, 6) is 0.191. The van der Waals surface area contributed by atoms with E-state index in [-0.39, 0.29) is 18.6 Å². The highest BCUT2D eigenvalue weighted by Crippen LogP contribution is 2.22. The van der Waals surface area contributed by atoms with Crippen LogP contribution in [-0.2, 0) is 4.74 Å². The highest BCUT2D eigenvalue weighted by atomic mass is 19.1. The Morgan fingerprint density at radius 2 is 2.20 bits per heavy atom. The van der Waals surface area contributed by atoms with Crippen LogP contribution in [0.4, 0.5) is 4.39 Å². The van der Waals surface area contributed by atoms with Crippen LogP contribution in [0.15, 0.2) is 0 Å². The Labute approximate surface area is 60.0 Å². The van der Waals surface area contributed by atoms with E-state index in [4.69, 9.17) is 9.84 Å². The first-order valence-electron chi connectivity index (χ1n) is 3.56. The van der Waals surface area contributed by atoms with Crippen molar-refractivity contribution in [1.29, 1.82) is 0 Å². The van der Waals surface area contributed by atoms with Gasteiger partial charge in [-0.15, -0.1) is 0 Å². The molecule has 0 aromatic heterocycles. The summed E-state index contributed by atoms with van der Waals surface area (Å²) in [4.78, 5) is 0. The zero-order valence-corrected chi connectivity index (χ0v) is 6.25. The van der Waals surface area contributed by atoms with E-state index < -0.39 is 12.3 Å². The lowest BCUT2D eigenvalue weighted by Crippen LogP contribution is -2.31. The summed E-state index contributed by atoms with van der Waals surface area (Å²) in [7, 11) is 0. The van der Waals surface area contributed by atoms with Gasteiger partial charge in [0.25, 0.3) is 0 Å². The van der Waals surface area contributed by atoms with Crippen LogP contribution in [-0.4, -0.2) is 30.1 Å². The maximum Gasteiger partial charge on any atom is 0.152 e. The zero-order chi connectivity index (χ0) is 7.72. The number of alkyl halides is 1. The van der Waals surface area contributed by atoms with Crippen molar-refractivity contribution in [3.63, 3.8) is 0 Å². The molecule has 1 N–H and O–H groups in total. The Hall–Kier alpha value is -0.150. The van der Waals surface area contributed by atoms with E-state index in [2.05, 4.69) is 0 Å². The average molecular weight is 148 g/mol. The van der Waals surface area contributed by atoms with Gasteiger partial charge in [-0.25, -0.2) is 4.39 Å². The molecule has 0 saturated carbocycles. The fraction of sp³-hybridized carbons (Fsp3) is 1.00. The quantitative estimate of drug-likeness (QED) is 0.594. The number of halogens is 1. The number of hydrogen-bond donors (Lipinski definition) is 1. The largest absolute Gasteiger partial charge is 0.387 e. The van der Waals surface area contributed by atoms with Crippen LogP contribution in [0.25, 0.3) is 0 Å². The molecule has 1 saturated heterocycles. The number of aliphatic hydroxyl groups excluding tert-OH is 1. The van der Waals surface area contributed by atoms with Gasteiger partial charge >= 0.3 is 0 Å². The molecular weight excluding hydrogens is 135 g/mol. The van der Waals surface area contributed by atoms with Gasteiger partial charge in [-0.2, -0.15) is 0 Å². The maximum atomic E-state index is 12.6. The smallest absolute Gasteiger partial charge is 0.152 e. The number of aliphatic hydroxyl groups is 1. The molecule has 1 aliphatic heterocycles. The van der Waals surface area contributed by atoms with E-state index in [1.807, 2.05) is 13.8 Å². The van der Waals surface area contributed by atoms with Crippen LogP contribution in [0.3, 0.4) is 0 Å². The summed E-state index contributed by atoms with van der Waals surface area (Å²) in [5.41, 5.74) is 0. The van der Waals surface area contributed by atoms with Gasteiger partial charge in [0, 0.05) is 0 Å². The predicted octanol–water partition coefficient (Wildman–Crippen LogP) is 0.740. The lowest BCUT2D eigenvalue weighted by atomic mass is 10.0. The van der Waals surface area contributed by atoms with Crippen molar-refractivity contribution in [2.75, 3.05) is 6.61 Å². The second kappa shape index (κ2) is 2.84. The lowest BCUT2D eigenvalue weighted by molar-refractivity contribution is 0.00775. The van der Waals surface area contributed by atoms with E-state index in [1.54, 1.807) is 0 Å². The van der Waals surface area contributed by atoms with Crippen LogP contribution in [0.1, 0.15) is 13.8 Å². The first-order valence-corrected chi connectivity index (χ1v) is 3.56. The van der Waals surface area contributed by atoms with Gasteiger partial charge in [0.2, 0.25) is 0 Å². The van der Waals surface area contributed by atoms with Gasteiger partial charge in [0.15, 0.2) is 6.17 Å². The molecule has 1 fully saturated rings. The van der Waals surface area contributed by atoms with Crippen molar-refractivity contribution in [3.05, 3.63) is 0 Å². The Morgan fingerprint density at radius 3 is 2.40 bits per heavy atom. The van der Waals surface area contributed by atoms with E-state index in [0.29, 0.717) is 0 Å². The van der Waals surface area contributed by atoms with Crippen molar-refractivity contribution in [2.45, 2.75) is 32.2 Å². The van der Waals surface area contributed by atoms with Gasteiger partial charge in [-0.1, -0.05) is 13.8 Å². The van der Waals surface area contributed by atoms with E-state index in [9.17, 15) is 4.39 Å². The summed E-state index contributed by atoms with van der Waals surface area (Å²) in [6.45, 7) is 3.86. The van der Waals surface area contributed by atoms with Crippen LogP contribution in [0.5, 0.6) is 0 Å². The third kappa shape index (κ3) is 1.30. The minimum Gasteiger partial charge on any atom is -0.387 e. The molecule has 0 aliphatic carbocycles. The third-order valence-corrected chi connectivity index (χ3v) is 1.81. The molecule has 1 aliphatic rings. The molecule has 10 heavy (non-hydrogen) atoms. The maximum absolute atomic E-state index is 12.6. The van der Waals surface area contributed by atoms with Gasteiger partial charge in [0.1, 0.15) is 6.10 Å². The van der Waals surface area contributed by atoms with E-state index >= 15 is 0 Å². The summed E-state index contributed by atoms with van der Waals surface area (Å²) in [6, 6.07) is 0. The molecule has 60 valence electrons. The fourth-order valence-corrected chi connectivity index (χ4v) is 1.19. The molecular formula is C7H13FO2. The molecule has 0 amide bonds. The highest BCUT2D eigenvalue weighted by molar-refractivity contribution is 4.84. The average Bonchev–Trinajstić information content (AvgIpc) is 2.14. The summed E-state index contributed by atoms with van der Waals surface area (Å²) in [5, 5.41) is 9.13. The number of rotatable bonds is 1. The molecule has 2 nitrogen and oxygen atoms in total. The molecule has 0 radical (unpaired) electrons. The highest BCUT2D eigenvalue weighted by Gasteiger charge is 2.37. The Morgan fingerprint density at radius 1 is 1.60 bits per heavy atom. The second-order valence-electron chi connectivity index (χ2n) is 3.05. The summed E-state index contributed by atoms with van der Waals surface area (Å²) >= 11 is 0. The molecule has 3 heteroatoms. The third-order valence-electron chi connectivity index (χ3n) is 1.81. The van der Waals surface area contributed by atoms with Crippen LogP contribution in [0, 0.1) is 5.92 Å². The lowest BCUT2D eigenvalue weighted by Gasteiger charge is -2.17. The fourth-order valence-electron chi connectivity index (χ4n) is 1.19. The van der Waals surface area contributed by atoms with E-state index in [1.165, 1.54) is 0 Å². The van der Waals surface area contributed by atoms with Crippen LogP contribution < -0.4 is 0 Å². The Balaban J connectivity index is 2.49. The normalized spacial score (nSPS) is 41.1. The Bertz CT molecular complexity index is 116. The topological polar surface area (TPSA) is 29.5 Å². The van der Waals surface area contributed by atoms with E-state index in [0.717, 1.165) is 0 Å². The minimum atomic E-state index is -1.19. The minimum absolute atomic E-state index is 0.0456. The van der Waals surface area contributed by atoms with Crippen molar-refractivity contribution in [2.24, 2.45) is 5.92 Å². The first kappa shape index (κ1) is 7.95. The van der Waals surface area contributed by atoms with Gasteiger partial charge in [-0.05, 0) is 5.92 Å². The molecule has 0 aromatic carbocycles. The van der Waals surface area contributed by atoms with Crippen LogP contribution in [0.2, 0.25) is 0 Å². The molecule has 0 spiro atoms. The van der Waals surface area contributed by atoms with Crippen molar-refractivity contribution >= 4 is 0 Å². The number of hydrogen-bond acceptors (Lipinski definition) is 2. The SMILES string of the molecule is CC(C)[C@H]1OC[C@H](F)[C@@H]1O. The molecule has 1 heterocycles. The van der Waals surface area contributed by atoms with Crippen molar-refractivity contribution in [3.8, 4) is 0 Å². The molecule has 1 rings (SSSR count). The Kier molecular flexibility index (Phi) is 2.26. The summed E-state index contributed by atoms with van der Waals surface area (Å²) < 4.78 is 17.6. The van der Waals surface area contributed by atoms with Crippen molar-refractivity contribution in [1.82, 2.24) is 0 Å². The standard InChI is InChI=1S/C7H13FO2/c1-4(2)7-6(9)5(8)3-10-7/h4-7,9H,3H2,1-2H3/t5-,6-,7+/m0/s1. The van der Waals surface area contributed by atoms with Gasteiger partial charge in [-0.3, -0.25) is 0 Å². The predicted molar refractivity (Wildman–Crippen MR) is 35.5 cm³/mol. The number of ether oxygens (including phenoxy) is 1. The van der Waals surface area contributed by atoms with Crippen molar-refractivity contribution < 1.29 is 14.2 Å². The molecule has 0 aromatic rings. The molecule has 0 unspecified atom stereocenters. The molecule has 3 atom stereocenters. The van der Waals surface area contributed by atoms with Gasteiger partial charge in [0.05, 0.1) is 12.7 Å². The van der Waals surface area contributed by atoms with Crippen LogP contribution >= 0.6 is 0 Å². The zero-order valence-electron chi connectivity index (χ0n) is 6.25. The van der Waals surface area contributed by atoms with Gasteiger partial charge < -0.3 is 9.84 Å². The second-order valence-corrected chi connectivity index (χ2v) is 3.05. The summed E-state index contributed by atoms with van der Waals surface area (Å²) in [6.07, 6.45) is -2.41. The first-order chi connectivity index (χ1) is 4.63. The molecule has 0 bridgehead atoms. The monoisotopic (exact) mass is 148 g/mol.